The van der Waals surface area contributed by atoms with E-state index < -0.39 is 11.6 Å². The van der Waals surface area contributed by atoms with Gasteiger partial charge >= 0.3 is 6.03 Å². The molecule has 1 saturated heterocycles. The molecule has 21 heavy (non-hydrogen) atoms. The molecule has 0 aromatic heterocycles. The molecule has 0 spiro atoms. The Balaban J connectivity index is 2.48. The SMILES string of the molecule is CCNC(=O)NC(=O)C(C)N1CCN(C(C)(C)C#N)CC1. The third kappa shape index (κ3) is 4.69. The number of carbonyl (C=O) groups excluding carboxylic acids is 2. The van der Waals surface area contributed by atoms with E-state index in [4.69, 9.17) is 5.26 Å². The summed E-state index contributed by atoms with van der Waals surface area (Å²) in [4.78, 5) is 27.5. The van der Waals surface area contributed by atoms with Crippen LogP contribution in [-0.4, -0.2) is 66.0 Å². The standard InChI is InChI=1S/C14H25N5O2/c1-5-16-13(21)17-12(20)11(2)18-6-8-19(9-7-18)14(3,4)10-15/h11H,5-9H2,1-4H3,(H2,16,17,20,21). The molecule has 1 aliphatic heterocycles. The van der Waals surface area contributed by atoms with Crippen LogP contribution in [-0.2, 0) is 4.79 Å². The summed E-state index contributed by atoms with van der Waals surface area (Å²) in [5.74, 6) is -0.297. The van der Waals surface area contributed by atoms with Crippen LogP contribution in [0.25, 0.3) is 0 Å². The fraction of sp³-hybridized carbons (Fsp3) is 0.786. The Morgan fingerprint density at radius 3 is 2.33 bits per heavy atom. The van der Waals surface area contributed by atoms with Crippen molar-refractivity contribution in [2.45, 2.75) is 39.3 Å². The highest BCUT2D eigenvalue weighted by molar-refractivity contribution is 5.96. The third-order valence-electron chi connectivity index (χ3n) is 3.88. The molecule has 118 valence electrons. The Morgan fingerprint density at radius 1 is 1.29 bits per heavy atom. The number of nitriles is 1. The van der Waals surface area contributed by atoms with Gasteiger partial charge in [-0.15, -0.1) is 0 Å². The van der Waals surface area contributed by atoms with E-state index >= 15 is 0 Å². The highest BCUT2D eigenvalue weighted by Gasteiger charge is 2.32. The van der Waals surface area contributed by atoms with E-state index in [-0.39, 0.29) is 11.9 Å². The molecule has 7 heteroatoms. The summed E-state index contributed by atoms with van der Waals surface area (Å²) < 4.78 is 0. The molecule has 1 atom stereocenters. The summed E-state index contributed by atoms with van der Waals surface area (Å²) in [5.41, 5.74) is -0.488. The van der Waals surface area contributed by atoms with E-state index in [0.29, 0.717) is 19.6 Å². The predicted molar refractivity (Wildman–Crippen MR) is 79.5 cm³/mol. The number of amides is 3. The van der Waals surface area contributed by atoms with Gasteiger partial charge in [-0.3, -0.25) is 19.9 Å². The fourth-order valence-electron chi connectivity index (χ4n) is 2.33. The monoisotopic (exact) mass is 295 g/mol. The second-order valence-corrected chi connectivity index (χ2v) is 5.72. The fourth-order valence-corrected chi connectivity index (χ4v) is 2.33. The summed E-state index contributed by atoms with van der Waals surface area (Å²) >= 11 is 0. The van der Waals surface area contributed by atoms with Crippen LogP contribution in [0.1, 0.15) is 27.7 Å². The minimum Gasteiger partial charge on any atom is -0.338 e. The van der Waals surface area contributed by atoms with Crippen LogP contribution in [0.2, 0.25) is 0 Å². The number of rotatable bonds is 4. The predicted octanol–water partition coefficient (Wildman–Crippen LogP) is 0.140. The zero-order valence-corrected chi connectivity index (χ0v) is 13.3. The summed E-state index contributed by atoms with van der Waals surface area (Å²) in [6.45, 7) is 10.7. The van der Waals surface area contributed by atoms with Crippen molar-refractivity contribution in [3.05, 3.63) is 0 Å². The smallest absolute Gasteiger partial charge is 0.321 e. The second kappa shape index (κ2) is 7.38. The number of hydrogen-bond donors (Lipinski definition) is 2. The lowest BCUT2D eigenvalue weighted by molar-refractivity contribution is -0.125. The summed E-state index contributed by atoms with van der Waals surface area (Å²) in [6.07, 6.45) is 0. The quantitative estimate of drug-likeness (QED) is 0.770. The zero-order chi connectivity index (χ0) is 16.0. The van der Waals surface area contributed by atoms with Gasteiger partial charge in [0.2, 0.25) is 5.91 Å². The number of nitrogens with one attached hydrogen (secondary N) is 2. The zero-order valence-electron chi connectivity index (χ0n) is 13.3. The average molecular weight is 295 g/mol. The van der Waals surface area contributed by atoms with Crippen molar-refractivity contribution in [1.82, 2.24) is 20.4 Å². The molecule has 0 saturated carbocycles. The molecular formula is C14H25N5O2. The second-order valence-electron chi connectivity index (χ2n) is 5.72. The maximum atomic E-state index is 12.0. The van der Waals surface area contributed by atoms with Gasteiger partial charge in [-0.2, -0.15) is 5.26 Å². The van der Waals surface area contributed by atoms with Gasteiger partial charge in [0.05, 0.1) is 12.1 Å². The minimum absolute atomic E-state index is 0.297. The maximum Gasteiger partial charge on any atom is 0.321 e. The normalized spacial score (nSPS) is 18.6. The molecular weight excluding hydrogens is 270 g/mol. The topological polar surface area (TPSA) is 88.5 Å². The molecule has 0 radical (unpaired) electrons. The van der Waals surface area contributed by atoms with Crippen molar-refractivity contribution in [1.29, 1.82) is 5.26 Å². The van der Waals surface area contributed by atoms with Gasteiger partial charge < -0.3 is 5.32 Å². The molecule has 0 aliphatic carbocycles. The van der Waals surface area contributed by atoms with Gasteiger partial charge in [-0.1, -0.05) is 0 Å². The molecule has 1 rings (SSSR count). The molecule has 1 fully saturated rings. The first-order valence-corrected chi connectivity index (χ1v) is 7.31. The van der Waals surface area contributed by atoms with Crippen LogP contribution in [0.4, 0.5) is 4.79 Å². The summed E-state index contributed by atoms with van der Waals surface area (Å²) in [5, 5.41) is 14.0. The number of imide groups is 1. The Kier molecular flexibility index (Phi) is 6.12. The van der Waals surface area contributed by atoms with Gasteiger partial charge in [0.15, 0.2) is 0 Å². The van der Waals surface area contributed by atoms with E-state index in [0.717, 1.165) is 13.1 Å². The molecule has 0 aromatic carbocycles. The van der Waals surface area contributed by atoms with Crippen molar-refractivity contribution in [3.63, 3.8) is 0 Å². The van der Waals surface area contributed by atoms with Gasteiger partial charge in [-0.25, -0.2) is 4.79 Å². The molecule has 0 aromatic rings. The van der Waals surface area contributed by atoms with E-state index in [1.165, 1.54) is 0 Å². The first-order chi connectivity index (χ1) is 9.81. The highest BCUT2D eigenvalue weighted by atomic mass is 16.2. The lowest BCUT2D eigenvalue weighted by Gasteiger charge is -2.42. The van der Waals surface area contributed by atoms with Gasteiger partial charge in [0.1, 0.15) is 5.54 Å². The number of urea groups is 1. The van der Waals surface area contributed by atoms with E-state index in [9.17, 15) is 9.59 Å². The number of hydrogen-bond acceptors (Lipinski definition) is 5. The van der Waals surface area contributed by atoms with Crippen molar-refractivity contribution in [2.24, 2.45) is 0 Å². The van der Waals surface area contributed by atoms with Crippen molar-refractivity contribution in [3.8, 4) is 6.07 Å². The number of nitrogens with zero attached hydrogens (tertiary/aromatic N) is 3. The Bertz CT molecular complexity index is 422. The van der Waals surface area contributed by atoms with E-state index in [1.54, 1.807) is 13.8 Å². The van der Waals surface area contributed by atoms with Gasteiger partial charge in [-0.05, 0) is 27.7 Å². The largest absolute Gasteiger partial charge is 0.338 e. The van der Waals surface area contributed by atoms with Crippen molar-refractivity contribution in [2.75, 3.05) is 32.7 Å². The van der Waals surface area contributed by atoms with E-state index in [2.05, 4.69) is 21.6 Å². The van der Waals surface area contributed by atoms with Crippen LogP contribution in [0, 0.1) is 11.3 Å². The third-order valence-corrected chi connectivity index (χ3v) is 3.88. The molecule has 3 amide bonds. The van der Waals surface area contributed by atoms with Gasteiger partial charge in [0, 0.05) is 32.7 Å². The van der Waals surface area contributed by atoms with Crippen LogP contribution in [0.15, 0.2) is 0 Å². The molecule has 1 unspecified atom stereocenters. The molecule has 1 heterocycles. The van der Waals surface area contributed by atoms with Crippen molar-refractivity contribution < 1.29 is 9.59 Å². The molecule has 7 nitrogen and oxygen atoms in total. The van der Waals surface area contributed by atoms with E-state index in [1.807, 2.05) is 18.7 Å². The summed E-state index contributed by atoms with van der Waals surface area (Å²) in [6, 6.07) is 1.47. The highest BCUT2D eigenvalue weighted by Crippen LogP contribution is 2.17. The minimum atomic E-state index is -0.488. The first-order valence-electron chi connectivity index (χ1n) is 7.31. The molecule has 1 aliphatic rings. The average Bonchev–Trinajstić information content (AvgIpc) is 2.46. The van der Waals surface area contributed by atoms with Crippen molar-refractivity contribution >= 4 is 11.9 Å². The van der Waals surface area contributed by atoms with Crippen LogP contribution >= 0.6 is 0 Å². The Hall–Kier alpha value is -1.65. The number of piperazine rings is 1. The maximum absolute atomic E-state index is 12.0. The van der Waals surface area contributed by atoms with Crippen LogP contribution < -0.4 is 10.6 Å². The Labute approximate surface area is 126 Å². The molecule has 2 N–H and O–H groups in total. The van der Waals surface area contributed by atoms with Crippen LogP contribution in [0.3, 0.4) is 0 Å². The summed E-state index contributed by atoms with van der Waals surface area (Å²) in [7, 11) is 0. The number of carbonyl (C=O) groups is 2. The Morgan fingerprint density at radius 2 is 1.86 bits per heavy atom. The first kappa shape index (κ1) is 17.4. The van der Waals surface area contributed by atoms with Crippen LogP contribution in [0.5, 0.6) is 0 Å². The lowest BCUT2D eigenvalue weighted by atomic mass is 10.0. The molecule has 0 bridgehead atoms. The lowest BCUT2D eigenvalue weighted by Crippen LogP contribution is -2.58. The van der Waals surface area contributed by atoms with Gasteiger partial charge in [0.25, 0.3) is 0 Å².